The van der Waals surface area contributed by atoms with Gasteiger partial charge in [-0.25, -0.2) is 0 Å². The van der Waals surface area contributed by atoms with Crippen LogP contribution >= 0.6 is 0 Å². The van der Waals surface area contributed by atoms with Gasteiger partial charge >= 0.3 is 0 Å². The van der Waals surface area contributed by atoms with Gasteiger partial charge in [-0.2, -0.15) is 0 Å². The maximum atomic E-state index is 2.47. The SMILES string of the molecule is CC(C1=CCC(C)(C)CC1)c1ccccc1. The van der Waals surface area contributed by atoms with Gasteiger partial charge in [0.2, 0.25) is 0 Å². The second kappa shape index (κ2) is 4.45. The van der Waals surface area contributed by atoms with E-state index < -0.39 is 0 Å². The van der Waals surface area contributed by atoms with Crippen LogP contribution in [0.5, 0.6) is 0 Å². The quantitative estimate of drug-likeness (QED) is 0.612. The smallest absolute Gasteiger partial charge is 0.00198 e. The van der Waals surface area contributed by atoms with E-state index in [-0.39, 0.29) is 0 Å². The molecule has 1 aromatic carbocycles. The average Bonchev–Trinajstić information content (AvgIpc) is 2.29. The summed E-state index contributed by atoms with van der Waals surface area (Å²) in [6.07, 6.45) is 6.31. The average molecular weight is 214 g/mol. The highest BCUT2D eigenvalue weighted by Gasteiger charge is 2.23. The van der Waals surface area contributed by atoms with Crippen LogP contribution < -0.4 is 0 Å². The maximum Gasteiger partial charge on any atom is 0.00198 e. The van der Waals surface area contributed by atoms with E-state index in [0.717, 1.165) is 0 Å². The van der Waals surface area contributed by atoms with Crippen molar-refractivity contribution in [1.29, 1.82) is 0 Å². The van der Waals surface area contributed by atoms with Crippen molar-refractivity contribution in [3.63, 3.8) is 0 Å². The van der Waals surface area contributed by atoms with Gasteiger partial charge in [0, 0.05) is 5.92 Å². The molecule has 0 bridgehead atoms. The molecule has 1 aliphatic rings. The van der Waals surface area contributed by atoms with E-state index in [1.807, 2.05) is 0 Å². The monoisotopic (exact) mass is 214 g/mol. The molecular weight excluding hydrogens is 192 g/mol. The Hall–Kier alpha value is -1.04. The van der Waals surface area contributed by atoms with Crippen LogP contribution in [0.1, 0.15) is 51.5 Å². The fourth-order valence-electron chi connectivity index (χ4n) is 2.44. The first kappa shape index (κ1) is 11.4. The topological polar surface area (TPSA) is 0 Å². The van der Waals surface area contributed by atoms with Crippen molar-refractivity contribution >= 4 is 0 Å². The van der Waals surface area contributed by atoms with Gasteiger partial charge < -0.3 is 0 Å². The van der Waals surface area contributed by atoms with Gasteiger partial charge in [0.1, 0.15) is 0 Å². The lowest BCUT2D eigenvalue weighted by atomic mass is 9.75. The largest absolute Gasteiger partial charge is 0.0842 e. The van der Waals surface area contributed by atoms with E-state index in [2.05, 4.69) is 57.2 Å². The summed E-state index contributed by atoms with van der Waals surface area (Å²) in [5, 5.41) is 0. The summed E-state index contributed by atoms with van der Waals surface area (Å²) in [6.45, 7) is 7.07. The zero-order chi connectivity index (χ0) is 11.6. The first-order valence-corrected chi connectivity index (χ1v) is 6.32. The molecule has 0 N–H and O–H groups in total. The van der Waals surface area contributed by atoms with Crippen LogP contribution in [0, 0.1) is 5.41 Å². The van der Waals surface area contributed by atoms with Gasteiger partial charge in [0.05, 0.1) is 0 Å². The van der Waals surface area contributed by atoms with Gasteiger partial charge in [0.15, 0.2) is 0 Å². The molecule has 1 aromatic rings. The zero-order valence-corrected chi connectivity index (χ0v) is 10.7. The molecule has 0 saturated heterocycles. The summed E-state index contributed by atoms with van der Waals surface area (Å²) in [5.41, 5.74) is 3.60. The predicted molar refractivity (Wildman–Crippen MR) is 70.6 cm³/mol. The molecule has 1 unspecified atom stereocenters. The number of allylic oxidation sites excluding steroid dienone is 2. The van der Waals surface area contributed by atoms with Crippen molar-refractivity contribution in [2.75, 3.05) is 0 Å². The molecule has 86 valence electrons. The van der Waals surface area contributed by atoms with E-state index in [4.69, 9.17) is 0 Å². The summed E-state index contributed by atoms with van der Waals surface area (Å²) in [7, 11) is 0. The van der Waals surface area contributed by atoms with E-state index in [9.17, 15) is 0 Å². The van der Waals surface area contributed by atoms with Crippen LogP contribution in [0.15, 0.2) is 42.0 Å². The highest BCUT2D eigenvalue weighted by molar-refractivity contribution is 5.29. The third kappa shape index (κ3) is 2.55. The Balaban J connectivity index is 2.13. The third-order valence-electron chi connectivity index (χ3n) is 3.86. The summed E-state index contributed by atoms with van der Waals surface area (Å²) in [6, 6.07) is 10.9. The minimum atomic E-state index is 0.514. The summed E-state index contributed by atoms with van der Waals surface area (Å²) < 4.78 is 0. The molecule has 2 rings (SSSR count). The highest BCUT2D eigenvalue weighted by atomic mass is 14.3. The summed E-state index contributed by atoms with van der Waals surface area (Å²) in [4.78, 5) is 0. The summed E-state index contributed by atoms with van der Waals surface area (Å²) >= 11 is 0. The lowest BCUT2D eigenvalue weighted by Gasteiger charge is -2.31. The Bertz CT molecular complexity index is 370. The molecule has 0 amide bonds. The maximum absolute atomic E-state index is 2.47. The van der Waals surface area contributed by atoms with Crippen LogP contribution in [-0.2, 0) is 0 Å². The van der Waals surface area contributed by atoms with Crippen molar-refractivity contribution in [3.8, 4) is 0 Å². The number of rotatable bonds is 2. The minimum Gasteiger partial charge on any atom is -0.0842 e. The van der Waals surface area contributed by atoms with Crippen LogP contribution in [0.4, 0.5) is 0 Å². The van der Waals surface area contributed by atoms with Crippen LogP contribution in [0.3, 0.4) is 0 Å². The molecule has 0 saturated carbocycles. The van der Waals surface area contributed by atoms with Gasteiger partial charge in [-0.3, -0.25) is 0 Å². The molecule has 0 radical (unpaired) electrons. The standard InChI is InChI=1S/C16H22/c1-13(14-7-5-4-6-8-14)15-9-11-16(2,3)12-10-15/h4-9,13H,10-12H2,1-3H3. The second-order valence-corrected chi connectivity index (χ2v) is 5.78. The number of benzene rings is 1. The predicted octanol–water partition coefficient (Wildman–Crippen LogP) is 4.93. The van der Waals surface area contributed by atoms with Gasteiger partial charge in [0.25, 0.3) is 0 Å². The van der Waals surface area contributed by atoms with Crippen LogP contribution in [0.2, 0.25) is 0 Å². The van der Waals surface area contributed by atoms with Crippen LogP contribution in [-0.4, -0.2) is 0 Å². The Morgan fingerprint density at radius 2 is 1.81 bits per heavy atom. The normalized spacial score (nSPS) is 21.3. The van der Waals surface area contributed by atoms with Crippen molar-refractivity contribution in [2.24, 2.45) is 5.41 Å². The van der Waals surface area contributed by atoms with Crippen molar-refractivity contribution in [3.05, 3.63) is 47.5 Å². The third-order valence-corrected chi connectivity index (χ3v) is 3.86. The van der Waals surface area contributed by atoms with Crippen molar-refractivity contribution < 1.29 is 0 Å². The van der Waals surface area contributed by atoms with E-state index >= 15 is 0 Å². The first-order chi connectivity index (χ1) is 7.58. The summed E-state index contributed by atoms with van der Waals surface area (Å²) in [5.74, 6) is 0.595. The Morgan fingerprint density at radius 3 is 2.38 bits per heavy atom. The van der Waals surface area contributed by atoms with Gasteiger partial charge in [-0.15, -0.1) is 0 Å². The lowest BCUT2D eigenvalue weighted by Crippen LogP contribution is -2.16. The number of hydrogen-bond acceptors (Lipinski definition) is 0. The zero-order valence-electron chi connectivity index (χ0n) is 10.7. The molecule has 1 aliphatic carbocycles. The minimum absolute atomic E-state index is 0.514. The molecule has 1 atom stereocenters. The molecule has 0 heteroatoms. The first-order valence-electron chi connectivity index (χ1n) is 6.32. The Morgan fingerprint density at radius 1 is 1.12 bits per heavy atom. The fourth-order valence-corrected chi connectivity index (χ4v) is 2.44. The van der Waals surface area contributed by atoms with E-state index in [1.54, 1.807) is 5.57 Å². The Kier molecular flexibility index (Phi) is 3.18. The second-order valence-electron chi connectivity index (χ2n) is 5.78. The molecule has 0 aromatic heterocycles. The number of hydrogen-bond donors (Lipinski definition) is 0. The van der Waals surface area contributed by atoms with Gasteiger partial charge in [-0.05, 0) is 30.2 Å². The fraction of sp³-hybridized carbons (Fsp3) is 0.500. The molecule has 0 nitrogen and oxygen atoms in total. The molecule has 0 spiro atoms. The molecule has 0 heterocycles. The highest BCUT2D eigenvalue weighted by Crippen LogP contribution is 2.39. The van der Waals surface area contributed by atoms with Crippen molar-refractivity contribution in [2.45, 2.75) is 46.0 Å². The molecule has 16 heavy (non-hydrogen) atoms. The van der Waals surface area contributed by atoms with Crippen molar-refractivity contribution in [1.82, 2.24) is 0 Å². The molecule has 0 aliphatic heterocycles. The van der Waals surface area contributed by atoms with Crippen LogP contribution in [0.25, 0.3) is 0 Å². The van der Waals surface area contributed by atoms with E-state index in [1.165, 1.54) is 24.8 Å². The van der Waals surface area contributed by atoms with E-state index in [0.29, 0.717) is 11.3 Å². The lowest BCUT2D eigenvalue weighted by molar-refractivity contribution is 0.320. The molecule has 0 fully saturated rings. The Labute approximate surface area is 99.4 Å². The van der Waals surface area contributed by atoms with Gasteiger partial charge in [-0.1, -0.05) is 62.8 Å². The molecular formula is C16H22.